The average Bonchev–Trinajstić information content (AvgIpc) is 2.55. The maximum absolute atomic E-state index is 12.1. The van der Waals surface area contributed by atoms with Crippen LogP contribution in [0.3, 0.4) is 0 Å². The highest BCUT2D eigenvalue weighted by atomic mass is 32.2. The van der Waals surface area contributed by atoms with Crippen molar-refractivity contribution in [1.82, 2.24) is 0 Å². The molecule has 2 aromatic rings. The van der Waals surface area contributed by atoms with E-state index in [1.165, 1.54) is 19.1 Å². The fourth-order valence-corrected chi connectivity index (χ4v) is 2.31. The Labute approximate surface area is 137 Å². The fourth-order valence-electron chi connectivity index (χ4n) is 1.81. The van der Waals surface area contributed by atoms with Crippen LogP contribution in [-0.2, 0) is 4.79 Å². The van der Waals surface area contributed by atoms with Crippen LogP contribution < -0.4 is 5.32 Å². The van der Waals surface area contributed by atoms with E-state index < -0.39 is 0 Å². The maximum Gasteiger partial charge on any atom is 0.255 e. The first kappa shape index (κ1) is 16.8. The maximum atomic E-state index is 12.1. The van der Waals surface area contributed by atoms with Crippen LogP contribution in [0.15, 0.2) is 48.5 Å². The molecule has 0 aliphatic carbocycles. The molecule has 0 fully saturated rings. The third kappa shape index (κ3) is 4.96. The number of thioether (sulfide) groups is 1. The van der Waals surface area contributed by atoms with Gasteiger partial charge in [-0.2, -0.15) is 0 Å². The fraction of sp³-hybridized carbons (Fsp3) is 0.118. The molecule has 0 heterocycles. The zero-order valence-corrected chi connectivity index (χ0v) is 13.2. The molecular formula is C17H15NO4S. The number of hydrogen-bond donors (Lipinski definition) is 2. The SMILES string of the molecule is CC(=O)SCC(=O)c1ccc(C(=O)Nc2ccc(O)cc2)cc1. The second-order valence-corrected chi connectivity index (χ2v) is 5.93. The topological polar surface area (TPSA) is 83.5 Å². The summed E-state index contributed by atoms with van der Waals surface area (Å²) in [5, 5.41) is 11.8. The number of hydrogen-bond acceptors (Lipinski definition) is 5. The van der Waals surface area contributed by atoms with E-state index in [0.29, 0.717) is 16.8 Å². The van der Waals surface area contributed by atoms with E-state index in [0.717, 1.165) is 11.8 Å². The summed E-state index contributed by atoms with van der Waals surface area (Å²) < 4.78 is 0. The zero-order chi connectivity index (χ0) is 16.8. The van der Waals surface area contributed by atoms with Gasteiger partial charge in [-0.05, 0) is 36.4 Å². The van der Waals surface area contributed by atoms with Gasteiger partial charge in [-0.25, -0.2) is 0 Å². The summed E-state index contributed by atoms with van der Waals surface area (Å²) >= 11 is 0.959. The molecule has 2 aromatic carbocycles. The molecule has 0 atom stereocenters. The van der Waals surface area contributed by atoms with Gasteiger partial charge >= 0.3 is 0 Å². The van der Waals surface area contributed by atoms with Gasteiger partial charge in [0.25, 0.3) is 5.91 Å². The highest BCUT2D eigenvalue weighted by Crippen LogP contribution is 2.15. The summed E-state index contributed by atoms with van der Waals surface area (Å²) in [6, 6.07) is 12.4. The van der Waals surface area contributed by atoms with Crippen molar-refractivity contribution >= 4 is 34.3 Å². The summed E-state index contributed by atoms with van der Waals surface area (Å²) in [6.45, 7) is 1.41. The van der Waals surface area contributed by atoms with E-state index in [2.05, 4.69) is 5.32 Å². The number of aromatic hydroxyl groups is 1. The van der Waals surface area contributed by atoms with Gasteiger partial charge in [0.1, 0.15) is 5.75 Å². The number of rotatable bonds is 5. The van der Waals surface area contributed by atoms with Crippen LogP contribution in [0.25, 0.3) is 0 Å². The van der Waals surface area contributed by atoms with Crippen molar-refractivity contribution in [2.24, 2.45) is 0 Å². The molecule has 0 aliphatic rings. The van der Waals surface area contributed by atoms with Crippen molar-refractivity contribution in [3.05, 3.63) is 59.7 Å². The molecule has 2 N–H and O–H groups in total. The number of nitrogens with one attached hydrogen (secondary N) is 1. The van der Waals surface area contributed by atoms with E-state index in [9.17, 15) is 19.5 Å². The molecule has 0 bridgehead atoms. The number of carbonyl (C=O) groups is 3. The van der Waals surface area contributed by atoms with E-state index in [1.807, 2.05) is 0 Å². The quantitative estimate of drug-likeness (QED) is 0.650. The number of benzene rings is 2. The molecule has 5 nitrogen and oxygen atoms in total. The van der Waals surface area contributed by atoms with Crippen molar-refractivity contribution in [2.75, 3.05) is 11.1 Å². The number of anilines is 1. The van der Waals surface area contributed by atoms with Gasteiger partial charge in [0.15, 0.2) is 10.9 Å². The number of phenols is 1. The van der Waals surface area contributed by atoms with Crippen molar-refractivity contribution in [1.29, 1.82) is 0 Å². The number of phenolic OH excluding ortho intramolecular Hbond substituents is 1. The molecule has 2 rings (SSSR count). The molecule has 0 spiro atoms. The van der Waals surface area contributed by atoms with Crippen LogP contribution >= 0.6 is 11.8 Å². The summed E-state index contributed by atoms with van der Waals surface area (Å²) in [6.07, 6.45) is 0. The Bertz CT molecular complexity index is 723. The van der Waals surface area contributed by atoms with Crippen LogP contribution in [0.2, 0.25) is 0 Å². The average molecular weight is 329 g/mol. The van der Waals surface area contributed by atoms with E-state index in [4.69, 9.17) is 0 Å². The molecule has 0 saturated heterocycles. The lowest BCUT2D eigenvalue weighted by atomic mass is 10.1. The van der Waals surface area contributed by atoms with Gasteiger partial charge in [-0.3, -0.25) is 14.4 Å². The minimum Gasteiger partial charge on any atom is -0.508 e. The lowest BCUT2D eigenvalue weighted by molar-refractivity contribution is -0.109. The minimum absolute atomic E-state index is 0.0917. The number of amides is 1. The van der Waals surface area contributed by atoms with Gasteiger partial charge in [-0.15, -0.1) is 0 Å². The van der Waals surface area contributed by atoms with Crippen molar-refractivity contribution < 1.29 is 19.5 Å². The van der Waals surface area contributed by atoms with Crippen LogP contribution in [-0.4, -0.2) is 27.7 Å². The minimum atomic E-state index is -0.312. The molecular weight excluding hydrogens is 314 g/mol. The monoisotopic (exact) mass is 329 g/mol. The number of ketones is 1. The molecule has 0 aromatic heterocycles. The standard InChI is InChI=1S/C17H15NO4S/c1-11(19)23-10-16(21)12-2-4-13(5-3-12)17(22)18-14-6-8-15(20)9-7-14/h2-9,20H,10H2,1H3,(H,18,22). The zero-order valence-electron chi connectivity index (χ0n) is 12.4. The van der Waals surface area contributed by atoms with Crippen molar-refractivity contribution in [3.8, 4) is 5.75 Å². The Kier molecular flexibility index (Phi) is 5.54. The van der Waals surface area contributed by atoms with Crippen LogP contribution in [0, 0.1) is 0 Å². The Morgan fingerprint density at radius 3 is 2.09 bits per heavy atom. The molecule has 118 valence electrons. The predicted octanol–water partition coefficient (Wildman–Crippen LogP) is 3.11. The van der Waals surface area contributed by atoms with Gasteiger partial charge in [-0.1, -0.05) is 23.9 Å². The highest BCUT2D eigenvalue weighted by Gasteiger charge is 2.10. The third-order valence-electron chi connectivity index (χ3n) is 3.00. The Morgan fingerprint density at radius 2 is 1.52 bits per heavy atom. The van der Waals surface area contributed by atoms with Crippen LogP contribution in [0.1, 0.15) is 27.6 Å². The molecule has 1 amide bonds. The predicted molar refractivity (Wildman–Crippen MR) is 90.0 cm³/mol. The van der Waals surface area contributed by atoms with E-state index in [1.54, 1.807) is 36.4 Å². The molecule has 0 radical (unpaired) electrons. The normalized spacial score (nSPS) is 10.1. The molecule has 6 heteroatoms. The molecule has 0 saturated carbocycles. The second kappa shape index (κ2) is 7.60. The smallest absolute Gasteiger partial charge is 0.255 e. The Hall–Kier alpha value is -2.60. The highest BCUT2D eigenvalue weighted by molar-refractivity contribution is 8.14. The summed E-state index contributed by atoms with van der Waals surface area (Å²) in [4.78, 5) is 34.8. The largest absolute Gasteiger partial charge is 0.508 e. The van der Waals surface area contributed by atoms with Crippen molar-refractivity contribution in [2.45, 2.75) is 6.92 Å². The number of Topliss-reactive ketones (excluding diaryl/α,β-unsaturated/α-hetero) is 1. The van der Waals surface area contributed by atoms with E-state index >= 15 is 0 Å². The molecule has 23 heavy (non-hydrogen) atoms. The number of carbonyl (C=O) groups excluding carboxylic acids is 3. The third-order valence-corrected chi connectivity index (χ3v) is 3.81. The van der Waals surface area contributed by atoms with Crippen molar-refractivity contribution in [3.63, 3.8) is 0 Å². The summed E-state index contributed by atoms with van der Waals surface area (Å²) in [7, 11) is 0. The Balaban J connectivity index is 2.01. The lowest BCUT2D eigenvalue weighted by Gasteiger charge is -2.06. The lowest BCUT2D eigenvalue weighted by Crippen LogP contribution is -2.12. The summed E-state index contributed by atoms with van der Waals surface area (Å²) in [5.41, 5.74) is 1.43. The first-order chi connectivity index (χ1) is 11.0. The molecule has 0 unspecified atom stereocenters. The second-order valence-electron chi connectivity index (χ2n) is 4.78. The van der Waals surface area contributed by atoms with Gasteiger partial charge in [0, 0.05) is 23.7 Å². The summed E-state index contributed by atoms with van der Waals surface area (Å²) in [5.74, 6) is -0.258. The first-order valence-corrected chi connectivity index (χ1v) is 7.81. The van der Waals surface area contributed by atoms with Crippen LogP contribution in [0.5, 0.6) is 5.75 Å². The first-order valence-electron chi connectivity index (χ1n) is 6.83. The van der Waals surface area contributed by atoms with E-state index in [-0.39, 0.29) is 28.3 Å². The molecule has 0 aliphatic heterocycles. The Morgan fingerprint density at radius 1 is 0.957 bits per heavy atom. The van der Waals surface area contributed by atoms with Gasteiger partial charge in [0.05, 0.1) is 5.75 Å². The van der Waals surface area contributed by atoms with Gasteiger partial charge in [0.2, 0.25) is 0 Å². The van der Waals surface area contributed by atoms with Crippen LogP contribution in [0.4, 0.5) is 5.69 Å². The van der Waals surface area contributed by atoms with Gasteiger partial charge < -0.3 is 10.4 Å².